The highest BCUT2D eigenvalue weighted by molar-refractivity contribution is 7.99. The van der Waals surface area contributed by atoms with Crippen LogP contribution in [0.15, 0.2) is 46.3 Å². The van der Waals surface area contributed by atoms with Gasteiger partial charge in [-0.05, 0) is 24.3 Å². The number of benzene rings is 2. The van der Waals surface area contributed by atoms with Gasteiger partial charge < -0.3 is 18.8 Å². The largest absolute Gasteiger partial charge is 0.497 e. The van der Waals surface area contributed by atoms with Crippen molar-refractivity contribution in [3.05, 3.63) is 41.2 Å². The fourth-order valence-electron chi connectivity index (χ4n) is 2.82. The molecule has 1 heterocycles. The van der Waals surface area contributed by atoms with Crippen molar-refractivity contribution in [3.8, 4) is 29.6 Å². The maximum atomic E-state index is 12.5. The van der Waals surface area contributed by atoms with E-state index in [9.17, 15) is 4.79 Å². The highest BCUT2D eigenvalue weighted by Crippen LogP contribution is 2.33. The predicted octanol–water partition coefficient (Wildman–Crippen LogP) is 3.97. The number of aromatic nitrogens is 1. The Morgan fingerprint density at radius 3 is 2.47 bits per heavy atom. The first kappa shape index (κ1) is 21.8. The van der Waals surface area contributed by atoms with Crippen LogP contribution >= 0.6 is 23.1 Å². The van der Waals surface area contributed by atoms with Crippen LogP contribution in [0.2, 0.25) is 0 Å². The molecule has 1 aromatic heterocycles. The summed E-state index contributed by atoms with van der Waals surface area (Å²) in [6.07, 6.45) is 5.87. The van der Waals surface area contributed by atoms with Gasteiger partial charge in [-0.15, -0.1) is 18.2 Å². The molecular formula is C22H22N2O4S2. The molecule has 30 heavy (non-hydrogen) atoms. The molecular weight excluding hydrogens is 420 g/mol. The lowest BCUT2D eigenvalue weighted by molar-refractivity contribution is -0.117. The average molecular weight is 443 g/mol. The van der Waals surface area contributed by atoms with E-state index in [2.05, 4.69) is 10.9 Å². The highest BCUT2D eigenvalue weighted by atomic mass is 32.2. The third kappa shape index (κ3) is 4.99. The summed E-state index contributed by atoms with van der Waals surface area (Å²) in [5.74, 6) is 5.10. The zero-order valence-corrected chi connectivity index (χ0v) is 18.6. The van der Waals surface area contributed by atoms with Gasteiger partial charge in [-0.2, -0.15) is 4.99 Å². The summed E-state index contributed by atoms with van der Waals surface area (Å²) in [6.45, 7) is 0.308. The Morgan fingerprint density at radius 2 is 1.83 bits per heavy atom. The quantitative estimate of drug-likeness (QED) is 0.390. The zero-order chi connectivity index (χ0) is 21.5. The smallest absolute Gasteiger partial charge is 0.249 e. The molecule has 0 bridgehead atoms. The molecule has 0 aliphatic heterocycles. The molecule has 0 fully saturated rings. The number of methoxy groups -OCH3 is 3. The number of terminal acetylenes is 1. The molecule has 0 saturated heterocycles. The molecule has 1 amide bonds. The van der Waals surface area contributed by atoms with Crippen LogP contribution in [0.4, 0.5) is 0 Å². The van der Waals surface area contributed by atoms with E-state index in [1.807, 2.05) is 41.0 Å². The molecule has 156 valence electrons. The molecule has 0 N–H and O–H groups in total. The first-order valence-corrected chi connectivity index (χ1v) is 10.9. The van der Waals surface area contributed by atoms with Gasteiger partial charge in [0.05, 0.1) is 38.1 Å². The molecule has 0 aliphatic carbocycles. The summed E-state index contributed by atoms with van der Waals surface area (Å²) in [4.78, 5) is 18.4. The number of nitrogens with zero attached hydrogens (tertiary/aromatic N) is 2. The van der Waals surface area contributed by atoms with Gasteiger partial charge in [-0.1, -0.05) is 17.3 Å². The molecule has 0 unspecified atom stereocenters. The Hall–Kier alpha value is -2.89. The Morgan fingerprint density at radius 1 is 1.13 bits per heavy atom. The fourth-order valence-corrected chi connectivity index (χ4v) is 4.71. The lowest BCUT2D eigenvalue weighted by Gasteiger charge is -2.08. The number of carbonyl (C=O) groups excluding carboxylic acids is 1. The third-order valence-electron chi connectivity index (χ3n) is 4.30. The van der Waals surface area contributed by atoms with Gasteiger partial charge in [0.2, 0.25) is 5.91 Å². The van der Waals surface area contributed by atoms with Crippen LogP contribution in [-0.4, -0.2) is 37.6 Å². The summed E-state index contributed by atoms with van der Waals surface area (Å²) in [5.41, 5.74) is 0.856. The van der Waals surface area contributed by atoms with Gasteiger partial charge in [0.15, 0.2) is 16.3 Å². The van der Waals surface area contributed by atoms with Crippen molar-refractivity contribution in [2.75, 3.05) is 27.1 Å². The average Bonchev–Trinajstić information content (AvgIpc) is 3.09. The lowest BCUT2D eigenvalue weighted by Crippen LogP contribution is -2.16. The van der Waals surface area contributed by atoms with Gasteiger partial charge in [-0.3, -0.25) is 4.79 Å². The monoisotopic (exact) mass is 442 g/mol. The molecule has 0 saturated carbocycles. The predicted molar refractivity (Wildman–Crippen MR) is 121 cm³/mol. The minimum absolute atomic E-state index is 0.188. The number of thiazole rings is 1. The minimum Gasteiger partial charge on any atom is -0.497 e. The summed E-state index contributed by atoms with van der Waals surface area (Å²) >= 11 is 3.00. The molecule has 6 nitrogen and oxygen atoms in total. The van der Waals surface area contributed by atoms with Crippen LogP contribution in [0.25, 0.3) is 10.2 Å². The Balaban J connectivity index is 1.80. The van der Waals surface area contributed by atoms with Gasteiger partial charge in [-0.25, -0.2) is 0 Å². The van der Waals surface area contributed by atoms with E-state index in [0.29, 0.717) is 35.0 Å². The van der Waals surface area contributed by atoms with Crippen molar-refractivity contribution in [1.82, 2.24) is 4.57 Å². The Bertz CT molecular complexity index is 1140. The van der Waals surface area contributed by atoms with Gasteiger partial charge in [0.1, 0.15) is 5.75 Å². The van der Waals surface area contributed by atoms with Crippen LogP contribution in [0.1, 0.15) is 6.42 Å². The van der Waals surface area contributed by atoms with Gasteiger partial charge in [0, 0.05) is 29.2 Å². The first-order chi connectivity index (χ1) is 14.6. The van der Waals surface area contributed by atoms with Crippen molar-refractivity contribution in [1.29, 1.82) is 0 Å². The van der Waals surface area contributed by atoms with Gasteiger partial charge in [0.25, 0.3) is 0 Å². The minimum atomic E-state index is -0.188. The van der Waals surface area contributed by atoms with Crippen LogP contribution < -0.4 is 19.0 Å². The van der Waals surface area contributed by atoms with E-state index in [0.717, 1.165) is 20.9 Å². The molecule has 0 radical (unpaired) electrons. The van der Waals surface area contributed by atoms with Crippen LogP contribution in [0.3, 0.4) is 0 Å². The third-order valence-corrected chi connectivity index (χ3v) is 6.36. The van der Waals surface area contributed by atoms with Crippen molar-refractivity contribution in [2.24, 2.45) is 4.99 Å². The summed E-state index contributed by atoms with van der Waals surface area (Å²) < 4.78 is 18.7. The standard InChI is InChI=1S/C22H22N2O4S2/c1-5-11-24-17-13-18(27-3)19(28-4)14-20(17)30-22(24)23-21(25)10-12-29-16-8-6-15(26-2)7-9-16/h1,6-9,13-14H,10-12H2,2-4H3. The maximum Gasteiger partial charge on any atom is 0.249 e. The first-order valence-electron chi connectivity index (χ1n) is 9.12. The molecule has 3 aromatic rings. The number of carbonyl (C=O) groups is 1. The number of amides is 1. The van der Waals surface area contributed by atoms with Crippen LogP contribution in [0, 0.1) is 12.3 Å². The highest BCUT2D eigenvalue weighted by Gasteiger charge is 2.13. The van der Waals surface area contributed by atoms with Gasteiger partial charge >= 0.3 is 0 Å². The van der Waals surface area contributed by atoms with Crippen LogP contribution in [0.5, 0.6) is 17.2 Å². The van der Waals surface area contributed by atoms with Crippen molar-refractivity contribution < 1.29 is 19.0 Å². The van der Waals surface area contributed by atoms with E-state index in [1.54, 1.807) is 33.1 Å². The molecule has 0 spiro atoms. The van der Waals surface area contributed by atoms with Crippen molar-refractivity contribution >= 4 is 39.2 Å². The number of hydrogen-bond acceptors (Lipinski definition) is 6. The second-order valence-electron chi connectivity index (χ2n) is 6.13. The second kappa shape index (κ2) is 10.2. The molecule has 0 atom stereocenters. The number of rotatable bonds is 8. The van der Waals surface area contributed by atoms with E-state index < -0.39 is 0 Å². The zero-order valence-electron chi connectivity index (χ0n) is 17.0. The SMILES string of the molecule is C#CCn1c(=NC(=O)CCSc2ccc(OC)cc2)sc2cc(OC)c(OC)cc21. The van der Waals surface area contributed by atoms with Crippen molar-refractivity contribution in [3.63, 3.8) is 0 Å². The fraction of sp³-hybridized carbons (Fsp3) is 0.273. The Kier molecular flexibility index (Phi) is 7.44. The van der Waals surface area contributed by atoms with Crippen molar-refractivity contribution in [2.45, 2.75) is 17.9 Å². The van der Waals surface area contributed by atoms with E-state index in [1.165, 1.54) is 11.3 Å². The summed E-state index contributed by atoms with van der Waals surface area (Å²) in [6, 6.07) is 11.5. The molecule has 0 aliphatic rings. The number of hydrogen-bond donors (Lipinski definition) is 0. The number of fused-ring (bicyclic) bond motifs is 1. The maximum absolute atomic E-state index is 12.5. The molecule has 8 heteroatoms. The number of thioether (sulfide) groups is 1. The summed E-state index contributed by atoms with van der Waals surface area (Å²) in [5, 5.41) is 0. The Labute approximate surface area is 183 Å². The second-order valence-corrected chi connectivity index (χ2v) is 8.31. The molecule has 2 aromatic carbocycles. The normalized spacial score (nSPS) is 11.3. The van der Waals surface area contributed by atoms with E-state index >= 15 is 0 Å². The van der Waals surface area contributed by atoms with E-state index in [-0.39, 0.29) is 5.91 Å². The lowest BCUT2D eigenvalue weighted by atomic mass is 10.3. The molecule has 3 rings (SSSR count). The topological polar surface area (TPSA) is 62.1 Å². The van der Waals surface area contributed by atoms with Crippen LogP contribution in [-0.2, 0) is 11.3 Å². The number of ether oxygens (including phenoxy) is 3. The van der Waals surface area contributed by atoms with E-state index in [4.69, 9.17) is 20.6 Å². The summed E-state index contributed by atoms with van der Waals surface area (Å²) in [7, 11) is 4.80.